The first kappa shape index (κ1) is 13.1. The first-order valence-electron chi connectivity index (χ1n) is 6.61. The molecule has 0 aliphatic carbocycles. The van der Waals surface area contributed by atoms with Crippen LogP contribution in [0, 0.1) is 6.92 Å². The van der Waals surface area contributed by atoms with Crippen molar-refractivity contribution in [1.29, 1.82) is 0 Å². The second-order valence-corrected chi connectivity index (χ2v) is 5.56. The topological polar surface area (TPSA) is 21.1 Å². The first-order valence-corrected chi connectivity index (χ1v) is 6.61. The van der Waals surface area contributed by atoms with Crippen molar-refractivity contribution in [2.45, 2.75) is 33.2 Å². The van der Waals surface area contributed by atoms with Gasteiger partial charge in [0, 0.05) is 24.4 Å². The van der Waals surface area contributed by atoms with Gasteiger partial charge in [0.2, 0.25) is 0 Å². The highest BCUT2D eigenvalue weighted by atomic mass is 15.3. The van der Waals surface area contributed by atoms with E-state index in [9.17, 15) is 0 Å². The van der Waals surface area contributed by atoms with Gasteiger partial charge in [-0.25, -0.2) is 0 Å². The van der Waals surface area contributed by atoms with Gasteiger partial charge in [0.15, 0.2) is 0 Å². The SMILES string of the molecule is Cc1ccc2c(CCN(C)C)nn(C(C)C)c2c1. The summed E-state index contributed by atoms with van der Waals surface area (Å²) in [6.07, 6.45) is 1.01. The Kier molecular flexibility index (Phi) is 3.71. The number of fused-ring (bicyclic) bond motifs is 1. The third-order valence-electron chi connectivity index (χ3n) is 3.22. The molecule has 0 bridgehead atoms. The number of aromatic nitrogens is 2. The van der Waals surface area contributed by atoms with Gasteiger partial charge < -0.3 is 4.90 Å². The molecule has 0 amide bonds. The summed E-state index contributed by atoms with van der Waals surface area (Å²) in [6, 6.07) is 7.03. The van der Waals surface area contributed by atoms with Crippen molar-refractivity contribution >= 4 is 10.9 Å². The molecule has 2 rings (SSSR count). The number of likely N-dealkylation sites (N-methyl/N-ethyl adjacent to an activating group) is 1. The Balaban J connectivity index is 2.47. The van der Waals surface area contributed by atoms with E-state index in [0.29, 0.717) is 6.04 Å². The molecule has 0 aliphatic heterocycles. The average molecular weight is 245 g/mol. The zero-order valence-corrected chi connectivity index (χ0v) is 12.1. The lowest BCUT2D eigenvalue weighted by molar-refractivity contribution is 0.410. The second kappa shape index (κ2) is 5.11. The van der Waals surface area contributed by atoms with Crippen LogP contribution in [0.3, 0.4) is 0 Å². The van der Waals surface area contributed by atoms with Crippen LogP contribution < -0.4 is 0 Å². The minimum absolute atomic E-state index is 0.405. The molecule has 3 heteroatoms. The fourth-order valence-corrected chi connectivity index (χ4v) is 2.22. The molecule has 0 spiro atoms. The van der Waals surface area contributed by atoms with Crippen molar-refractivity contribution in [2.24, 2.45) is 0 Å². The van der Waals surface area contributed by atoms with E-state index in [1.54, 1.807) is 0 Å². The van der Waals surface area contributed by atoms with Crippen LogP contribution in [0.2, 0.25) is 0 Å². The average Bonchev–Trinajstić information content (AvgIpc) is 2.64. The van der Waals surface area contributed by atoms with Crippen molar-refractivity contribution in [1.82, 2.24) is 14.7 Å². The molecule has 2 aromatic rings. The Bertz CT molecular complexity index is 538. The van der Waals surface area contributed by atoms with E-state index >= 15 is 0 Å². The van der Waals surface area contributed by atoms with Crippen LogP contribution >= 0.6 is 0 Å². The maximum absolute atomic E-state index is 4.79. The van der Waals surface area contributed by atoms with Crippen LogP contribution in [0.5, 0.6) is 0 Å². The van der Waals surface area contributed by atoms with E-state index in [-0.39, 0.29) is 0 Å². The van der Waals surface area contributed by atoms with Crippen LogP contribution in [-0.2, 0) is 6.42 Å². The van der Waals surface area contributed by atoms with E-state index in [2.05, 4.69) is 62.6 Å². The highest BCUT2D eigenvalue weighted by molar-refractivity contribution is 5.82. The zero-order valence-electron chi connectivity index (χ0n) is 12.1. The van der Waals surface area contributed by atoms with Gasteiger partial charge in [-0.15, -0.1) is 0 Å². The van der Waals surface area contributed by atoms with Crippen molar-refractivity contribution in [3.63, 3.8) is 0 Å². The molecule has 0 fully saturated rings. The van der Waals surface area contributed by atoms with E-state index in [1.807, 2.05) is 0 Å². The monoisotopic (exact) mass is 245 g/mol. The van der Waals surface area contributed by atoms with Gasteiger partial charge in [-0.05, 0) is 46.5 Å². The number of nitrogens with zero attached hydrogens (tertiary/aromatic N) is 3. The van der Waals surface area contributed by atoms with E-state index in [1.165, 1.54) is 22.2 Å². The molecule has 0 saturated carbocycles. The molecular formula is C15H23N3. The zero-order chi connectivity index (χ0) is 13.3. The standard InChI is InChI=1S/C15H23N3/c1-11(2)18-15-10-12(3)6-7-13(15)14(16-18)8-9-17(4)5/h6-7,10-11H,8-9H2,1-5H3. The molecule has 0 radical (unpaired) electrons. The van der Waals surface area contributed by atoms with E-state index in [4.69, 9.17) is 5.10 Å². The summed E-state index contributed by atoms with van der Waals surface area (Å²) < 4.78 is 2.15. The largest absolute Gasteiger partial charge is 0.309 e. The highest BCUT2D eigenvalue weighted by Gasteiger charge is 2.12. The van der Waals surface area contributed by atoms with Crippen molar-refractivity contribution < 1.29 is 0 Å². The van der Waals surface area contributed by atoms with Gasteiger partial charge in [0.1, 0.15) is 0 Å². The third kappa shape index (κ3) is 2.56. The molecule has 98 valence electrons. The summed E-state index contributed by atoms with van der Waals surface area (Å²) in [6.45, 7) is 7.55. The molecular weight excluding hydrogens is 222 g/mol. The predicted octanol–water partition coefficient (Wildman–Crippen LogP) is 3.03. The third-order valence-corrected chi connectivity index (χ3v) is 3.22. The maximum Gasteiger partial charge on any atom is 0.0716 e. The smallest absolute Gasteiger partial charge is 0.0716 e. The Morgan fingerprint density at radius 1 is 1.28 bits per heavy atom. The highest BCUT2D eigenvalue weighted by Crippen LogP contribution is 2.23. The minimum atomic E-state index is 0.405. The Labute approximate surface area is 109 Å². The summed E-state index contributed by atoms with van der Waals surface area (Å²) >= 11 is 0. The number of rotatable bonds is 4. The molecule has 0 atom stereocenters. The van der Waals surface area contributed by atoms with Gasteiger partial charge in [0.05, 0.1) is 11.2 Å². The lowest BCUT2D eigenvalue weighted by Crippen LogP contribution is -2.15. The molecule has 0 saturated heterocycles. The summed E-state index contributed by atoms with van der Waals surface area (Å²) in [7, 11) is 4.21. The second-order valence-electron chi connectivity index (χ2n) is 5.56. The molecule has 0 unspecified atom stereocenters. The molecule has 18 heavy (non-hydrogen) atoms. The van der Waals surface area contributed by atoms with Gasteiger partial charge in [-0.1, -0.05) is 12.1 Å². The minimum Gasteiger partial charge on any atom is -0.309 e. The maximum atomic E-state index is 4.79. The summed E-state index contributed by atoms with van der Waals surface area (Å²) in [5, 5.41) is 6.09. The number of benzene rings is 1. The fraction of sp³-hybridized carbons (Fsp3) is 0.533. The number of hydrogen-bond donors (Lipinski definition) is 0. The fourth-order valence-electron chi connectivity index (χ4n) is 2.22. The van der Waals surface area contributed by atoms with E-state index < -0.39 is 0 Å². The van der Waals surface area contributed by atoms with Gasteiger partial charge in [-0.2, -0.15) is 5.10 Å². The molecule has 3 nitrogen and oxygen atoms in total. The van der Waals surface area contributed by atoms with Crippen LogP contribution in [0.4, 0.5) is 0 Å². The van der Waals surface area contributed by atoms with Crippen LogP contribution in [0.1, 0.15) is 31.1 Å². The lowest BCUT2D eigenvalue weighted by Gasteiger charge is -2.08. The van der Waals surface area contributed by atoms with Gasteiger partial charge in [0.25, 0.3) is 0 Å². The number of hydrogen-bond acceptors (Lipinski definition) is 2. The number of aryl methyl sites for hydroxylation is 1. The lowest BCUT2D eigenvalue weighted by atomic mass is 10.1. The molecule has 1 heterocycles. The van der Waals surface area contributed by atoms with E-state index in [0.717, 1.165) is 13.0 Å². The van der Waals surface area contributed by atoms with Gasteiger partial charge in [-0.3, -0.25) is 4.68 Å². The Morgan fingerprint density at radius 3 is 2.61 bits per heavy atom. The van der Waals surface area contributed by atoms with Crippen LogP contribution in [0.15, 0.2) is 18.2 Å². The van der Waals surface area contributed by atoms with Crippen molar-refractivity contribution in [3.05, 3.63) is 29.5 Å². The summed E-state index contributed by atoms with van der Waals surface area (Å²) in [5.41, 5.74) is 3.77. The van der Waals surface area contributed by atoms with Crippen molar-refractivity contribution in [3.8, 4) is 0 Å². The van der Waals surface area contributed by atoms with Crippen LogP contribution in [-0.4, -0.2) is 35.3 Å². The Hall–Kier alpha value is -1.35. The van der Waals surface area contributed by atoms with Gasteiger partial charge >= 0.3 is 0 Å². The molecule has 0 aliphatic rings. The Morgan fingerprint density at radius 2 is 2.00 bits per heavy atom. The first-order chi connectivity index (χ1) is 8.49. The summed E-state index contributed by atoms with van der Waals surface area (Å²) in [4.78, 5) is 2.20. The molecule has 1 aromatic carbocycles. The normalized spacial score (nSPS) is 11.9. The molecule has 0 N–H and O–H groups in total. The molecule has 1 aromatic heterocycles. The summed E-state index contributed by atoms with van der Waals surface area (Å²) in [5.74, 6) is 0. The quantitative estimate of drug-likeness (QED) is 0.825. The van der Waals surface area contributed by atoms with Crippen molar-refractivity contribution in [2.75, 3.05) is 20.6 Å². The predicted molar refractivity (Wildman–Crippen MR) is 77.1 cm³/mol. The van der Waals surface area contributed by atoms with Crippen LogP contribution in [0.25, 0.3) is 10.9 Å².